The fourth-order valence-electron chi connectivity index (χ4n) is 5.21. The number of morpholine rings is 1. The van der Waals surface area contributed by atoms with Gasteiger partial charge in [0, 0.05) is 53.7 Å². The molecule has 9 heteroatoms. The molecule has 1 aromatic heterocycles. The van der Waals surface area contributed by atoms with Crippen LogP contribution < -0.4 is 15.0 Å². The van der Waals surface area contributed by atoms with Crippen LogP contribution in [-0.4, -0.2) is 43.8 Å². The van der Waals surface area contributed by atoms with Crippen molar-refractivity contribution < 1.29 is 27.4 Å². The highest BCUT2D eigenvalue weighted by atomic mass is 19.2. The first kappa shape index (κ1) is 24.2. The molecule has 2 aliphatic rings. The summed E-state index contributed by atoms with van der Waals surface area (Å²) in [5.41, 5.74) is 1.76. The summed E-state index contributed by atoms with van der Waals surface area (Å²) >= 11 is 0. The van der Waals surface area contributed by atoms with Gasteiger partial charge in [-0.2, -0.15) is 0 Å². The standard InChI is InChI=1S/C29H24F3N3O3/c30-17-14-21(26(32)23(31)15-17)18-5-3-6-19-22(18)16-33-27(28(19)35-9-12-37-13-10-35)29(36)34-24-8-11-38-25-7-2-1-4-20(24)25/h1-7,14-16,24H,8-13H2,(H,34,36)/t24-/m0/s1. The molecule has 3 heterocycles. The number of para-hydroxylation sites is 1. The molecule has 6 nitrogen and oxygen atoms in total. The van der Waals surface area contributed by atoms with E-state index >= 15 is 0 Å². The largest absolute Gasteiger partial charge is 0.493 e. The van der Waals surface area contributed by atoms with Crippen molar-refractivity contribution in [3.63, 3.8) is 0 Å². The van der Waals surface area contributed by atoms with Crippen LogP contribution in [0.15, 0.2) is 60.8 Å². The summed E-state index contributed by atoms with van der Waals surface area (Å²) in [6.45, 7) is 2.45. The predicted molar refractivity (Wildman–Crippen MR) is 137 cm³/mol. The first-order valence-electron chi connectivity index (χ1n) is 12.4. The summed E-state index contributed by atoms with van der Waals surface area (Å²) in [5, 5.41) is 4.21. The molecule has 0 bridgehead atoms. The Morgan fingerprint density at radius 1 is 0.947 bits per heavy atom. The van der Waals surface area contributed by atoms with Gasteiger partial charge in [-0.15, -0.1) is 0 Å². The first-order chi connectivity index (χ1) is 18.5. The minimum Gasteiger partial charge on any atom is -0.493 e. The van der Waals surface area contributed by atoms with Crippen LogP contribution in [0.2, 0.25) is 0 Å². The second-order valence-electron chi connectivity index (χ2n) is 9.27. The Morgan fingerprint density at radius 2 is 1.76 bits per heavy atom. The van der Waals surface area contributed by atoms with Crippen LogP contribution in [0.4, 0.5) is 18.9 Å². The number of fused-ring (bicyclic) bond motifs is 2. The highest BCUT2D eigenvalue weighted by molar-refractivity contribution is 6.10. The van der Waals surface area contributed by atoms with E-state index in [1.54, 1.807) is 18.2 Å². The summed E-state index contributed by atoms with van der Waals surface area (Å²) in [5.74, 6) is -2.93. The van der Waals surface area contributed by atoms with Gasteiger partial charge in [-0.3, -0.25) is 4.79 Å². The van der Waals surface area contributed by atoms with Crippen LogP contribution in [0.1, 0.15) is 28.5 Å². The molecule has 1 fully saturated rings. The van der Waals surface area contributed by atoms with E-state index in [1.165, 1.54) is 6.20 Å². The number of aromatic nitrogens is 1. The minimum atomic E-state index is -1.27. The second kappa shape index (κ2) is 9.98. The van der Waals surface area contributed by atoms with Gasteiger partial charge in [-0.1, -0.05) is 36.4 Å². The van der Waals surface area contributed by atoms with Crippen molar-refractivity contribution in [1.29, 1.82) is 0 Å². The van der Waals surface area contributed by atoms with Gasteiger partial charge in [0.1, 0.15) is 11.6 Å². The van der Waals surface area contributed by atoms with E-state index in [0.29, 0.717) is 61.9 Å². The number of carbonyl (C=O) groups is 1. The van der Waals surface area contributed by atoms with Gasteiger partial charge in [0.15, 0.2) is 17.3 Å². The SMILES string of the molecule is O=C(N[C@H]1CCOc2ccccc21)c1ncc2c(-c3cc(F)cc(F)c3F)cccc2c1N1CCOCC1. The summed E-state index contributed by atoms with van der Waals surface area (Å²) in [4.78, 5) is 20.2. The number of nitrogens with zero attached hydrogens (tertiary/aromatic N) is 2. The second-order valence-corrected chi connectivity index (χ2v) is 9.27. The van der Waals surface area contributed by atoms with E-state index in [1.807, 2.05) is 29.2 Å². The average molecular weight is 520 g/mol. The number of nitrogens with one attached hydrogen (secondary N) is 1. The van der Waals surface area contributed by atoms with Crippen molar-refractivity contribution in [1.82, 2.24) is 10.3 Å². The molecule has 1 saturated heterocycles. The molecule has 1 N–H and O–H groups in total. The number of carbonyl (C=O) groups excluding carboxylic acids is 1. The van der Waals surface area contributed by atoms with Crippen molar-refractivity contribution in [3.05, 3.63) is 89.5 Å². The van der Waals surface area contributed by atoms with Crippen molar-refractivity contribution in [3.8, 4) is 16.9 Å². The maximum Gasteiger partial charge on any atom is 0.272 e. The van der Waals surface area contributed by atoms with Gasteiger partial charge >= 0.3 is 0 Å². The van der Waals surface area contributed by atoms with E-state index < -0.39 is 17.5 Å². The summed E-state index contributed by atoms with van der Waals surface area (Å²) in [6, 6.07) is 13.9. The third-order valence-corrected chi connectivity index (χ3v) is 7.00. The fourth-order valence-corrected chi connectivity index (χ4v) is 5.21. The lowest BCUT2D eigenvalue weighted by molar-refractivity contribution is 0.0918. The van der Waals surface area contributed by atoms with Crippen LogP contribution in [0.5, 0.6) is 5.75 Å². The first-order valence-corrected chi connectivity index (χ1v) is 12.4. The molecule has 0 saturated carbocycles. The zero-order valence-corrected chi connectivity index (χ0v) is 20.3. The maximum atomic E-state index is 14.8. The number of hydrogen-bond donors (Lipinski definition) is 1. The predicted octanol–water partition coefficient (Wildman–Crippen LogP) is 5.41. The van der Waals surface area contributed by atoms with Gasteiger partial charge in [0.2, 0.25) is 0 Å². The van der Waals surface area contributed by atoms with Gasteiger partial charge < -0.3 is 19.7 Å². The van der Waals surface area contributed by atoms with E-state index in [2.05, 4.69) is 10.3 Å². The van der Waals surface area contributed by atoms with Crippen molar-refractivity contribution in [2.45, 2.75) is 12.5 Å². The Morgan fingerprint density at radius 3 is 2.61 bits per heavy atom. The molecule has 2 aliphatic heterocycles. The number of benzene rings is 3. The molecular weight excluding hydrogens is 495 g/mol. The highest BCUT2D eigenvalue weighted by Crippen LogP contribution is 2.38. The van der Waals surface area contributed by atoms with E-state index in [-0.39, 0.29) is 28.8 Å². The van der Waals surface area contributed by atoms with Crippen LogP contribution in [0, 0.1) is 17.5 Å². The summed E-state index contributed by atoms with van der Waals surface area (Å²) in [6.07, 6.45) is 2.07. The van der Waals surface area contributed by atoms with Crippen molar-refractivity contribution in [2.24, 2.45) is 0 Å². The lowest BCUT2D eigenvalue weighted by Crippen LogP contribution is -2.39. The molecule has 1 atom stereocenters. The van der Waals surface area contributed by atoms with Crippen molar-refractivity contribution in [2.75, 3.05) is 37.8 Å². The lowest BCUT2D eigenvalue weighted by atomic mass is 9.96. The third-order valence-electron chi connectivity index (χ3n) is 7.00. The third kappa shape index (κ3) is 4.32. The quantitative estimate of drug-likeness (QED) is 0.366. The number of amides is 1. The van der Waals surface area contributed by atoms with Crippen LogP contribution in [0.25, 0.3) is 21.9 Å². The number of ether oxygens (including phenoxy) is 2. The molecule has 0 radical (unpaired) electrons. The molecular formula is C29H24F3N3O3. The minimum absolute atomic E-state index is 0.209. The van der Waals surface area contributed by atoms with Gasteiger partial charge in [0.25, 0.3) is 5.91 Å². The Hall–Kier alpha value is -4.11. The number of hydrogen-bond acceptors (Lipinski definition) is 5. The Bertz CT molecular complexity index is 1540. The number of pyridine rings is 1. The highest BCUT2D eigenvalue weighted by Gasteiger charge is 2.28. The molecule has 38 heavy (non-hydrogen) atoms. The van der Waals surface area contributed by atoms with Crippen molar-refractivity contribution >= 4 is 22.4 Å². The molecule has 0 unspecified atom stereocenters. The van der Waals surface area contributed by atoms with E-state index in [9.17, 15) is 18.0 Å². The Balaban J connectivity index is 1.47. The fraction of sp³-hybridized carbons (Fsp3) is 0.241. The Kier molecular flexibility index (Phi) is 6.37. The monoisotopic (exact) mass is 519 g/mol. The van der Waals surface area contributed by atoms with E-state index in [0.717, 1.165) is 17.4 Å². The van der Waals surface area contributed by atoms with Gasteiger partial charge in [0.05, 0.1) is 31.5 Å². The summed E-state index contributed by atoms with van der Waals surface area (Å²) < 4.78 is 54.2. The molecule has 0 aliphatic carbocycles. The molecule has 6 rings (SSSR count). The summed E-state index contributed by atoms with van der Waals surface area (Å²) in [7, 11) is 0. The molecule has 4 aromatic rings. The number of rotatable bonds is 4. The number of anilines is 1. The maximum absolute atomic E-state index is 14.8. The topological polar surface area (TPSA) is 63.7 Å². The van der Waals surface area contributed by atoms with Gasteiger partial charge in [-0.25, -0.2) is 18.2 Å². The molecule has 3 aromatic carbocycles. The van der Waals surface area contributed by atoms with Crippen LogP contribution >= 0.6 is 0 Å². The van der Waals surface area contributed by atoms with Crippen LogP contribution in [0.3, 0.4) is 0 Å². The number of halogens is 3. The van der Waals surface area contributed by atoms with Crippen LogP contribution in [-0.2, 0) is 4.74 Å². The smallest absolute Gasteiger partial charge is 0.272 e. The normalized spacial score (nSPS) is 17.1. The average Bonchev–Trinajstić information content (AvgIpc) is 2.94. The van der Waals surface area contributed by atoms with E-state index in [4.69, 9.17) is 9.47 Å². The zero-order valence-electron chi connectivity index (χ0n) is 20.3. The lowest BCUT2D eigenvalue weighted by Gasteiger charge is -2.32. The zero-order chi connectivity index (χ0) is 26.2. The Labute approximate surface area is 217 Å². The van der Waals surface area contributed by atoms with Gasteiger partial charge in [-0.05, 0) is 17.7 Å². The molecule has 194 valence electrons. The molecule has 0 spiro atoms. The molecule has 1 amide bonds.